The normalized spacial score (nSPS) is 33.2. The third kappa shape index (κ3) is 5.99. The summed E-state index contributed by atoms with van der Waals surface area (Å²) in [5.41, 5.74) is 0. The summed E-state index contributed by atoms with van der Waals surface area (Å²) < 4.78 is 10.1. The van der Waals surface area contributed by atoms with Crippen LogP contribution in [-0.2, 0) is 19.1 Å². The van der Waals surface area contributed by atoms with Gasteiger partial charge in [-0.3, -0.25) is 0 Å². The number of carbonyl (C=O) groups excluding carboxylic acids is 2. The number of cyclic esters (lactones) is 2. The number of aliphatic hydroxyl groups is 2. The summed E-state index contributed by atoms with van der Waals surface area (Å²) in [7, 11) is 0. The van der Waals surface area contributed by atoms with Gasteiger partial charge < -0.3 is 19.7 Å². The molecule has 0 bridgehead atoms. The minimum Gasteiger partial charge on any atom is -0.459 e. The number of carbonyl (C=O) groups is 2. The number of aliphatic hydroxyl groups excluding tert-OH is 2. The highest BCUT2D eigenvalue weighted by molar-refractivity contribution is 5.82. The van der Waals surface area contributed by atoms with Crippen LogP contribution >= 0.6 is 0 Å². The standard InChI is InChI=1S/C14H20O6/c1-9-4-3-5-13(17)20-10(2)8-12(16)11(15)6-7-14(18)19-9/h3,5-7,9-12,15-16H,4,8H2,1-2H3/t9-,10-,11-,12-/m1/s1. The molecule has 20 heavy (non-hydrogen) atoms. The van der Waals surface area contributed by atoms with Crippen molar-refractivity contribution in [3.05, 3.63) is 24.3 Å². The van der Waals surface area contributed by atoms with Gasteiger partial charge in [-0.25, -0.2) is 9.59 Å². The van der Waals surface area contributed by atoms with Crippen LogP contribution in [0.25, 0.3) is 0 Å². The maximum Gasteiger partial charge on any atom is 0.330 e. The zero-order valence-corrected chi connectivity index (χ0v) is 11.6. The lowest BCUT2D eigenvalue weighted by Gasteiger charge is -2.19. The topological polar surface area (TPSA) is 93.1 Å². The lowest BCUT2D eigenvalue weighted by molar-refractivity contribution is -0.144. The third-order valence-corrected chi connectivity index (χ3v) is 2.75. The Kier molecular flexibility index (Phi) is 6.41. The zero-order chi connectivity index (χ0) is 15.1. The molecule has 0 saturated carbocycles. The molecule has 0 fully saturated rings. The second-order valence-electron chi connectivity index (χ2n) is 4.79. The summed E-state index contributed by atoms with van der Waals surface area (Å²) in [4.78, 5) is 22.9. The molecular weight excluding hydrogens is 264 g/mol. The fraction of sp³-hybridized carbons (Fsp3) is 0.571. The van der Waals surface area contributed by atoms with Gasteiger partial charge in [0.2, 0.25) is 0 Å². The molecule has 6 heteroatoms. The number of esters is 2. The van der Waals surface area contributed by atoms with Gasteiger partial charge in [0.15, 0.2) is 0 Å². The first-order valence-corrected chi connectivity index (χ1v) is 6.50. The number of hydrogen-bond acceptors (Lipinski definition) is 6. The Labute approximate surface area is 117 Å². The molecule has 1 heterocycles. The Balaban J connectivity index is 2.79. The van der Waals surface area contributed by atoms with Crippen molar-refractivity contribution in [3.63, 3.8) is 0 Å². The first kappa shape index (κ1) is 16.4. The molecular formula is C14H20O6. The van der Waals surface area contributed by atoms with Gasteiger partial charge in [0, 0.05) is 25.0 Å². The number of ether oxygens (including phenoxy) is 2. The molecule has 1 rings (SSSR count). The summed E-state index contributed by atoms with van der Waals surface area (Å²) in [5.74, 6) is -1.14. The third-order valence-electron chi connectivity index (χ3n) is 2.75. The van der Waals surface area contributed by atoms with Crippen molar-refractivity contribution in [2.75, 3.05) is 0 Å². The molecule has 0 radical (unpaired) electrons. The van der Waals surface area contributed by atoms with E-state index < -0.39 is 36.4 Å². The molecule has 0 spiro atoms. The van der Waals surface area contributed by atoms with E-state index in [1.807, 2.05) is 0 Å². The van der Waals surface area contributed by atoms with Gasteiger partial charge in [0.1, 0.15) is 12.2 Å². The van der Waals surface area contributed by atoms with Gasteiger partial charge in [-0.1, -0.05) is 6.08 Å². The number of hydrogen-bond donors (Lipinski definition) is 2. The van der Waals surface area contributed by atoms with Crippen molar-refractivity contribution in [2.45, 2.75) is 51.1 Å². The van der Waals surface area contributed by atoms with Gasteiger partial charge in [0.25, 0.3) is 0 Å². The van der Waals surface area contributed by atoms with Crippen LogP contribution in [0, 0.1) is 0 Å². The molecule has 112 valence electrons. The van der Waals surface area contributed by atoms with Gasteiger partial charge in [0.05, 0.1) is 12.2 Å². The lowest BCUT2D eigenvalue weighted by Crippen LogP contribution is -2.29. The van der Waals surface area contributed by atoms with Gasteiger partial charge in [-0.2, -0.15) is 0 Å². The first-order valence-electron chi connectivity index (χ1n) is 6.50. The average molecular weight is 284 g/mol. The minimum atomic E-state index is -1.22. The van der Waals surface area contributed by atoms with E-state index in [9.17, 15) is 19.8 Å². The van der Waals surface area contributed by atoms with E-state index in [1.54, 1.807) is 19.9 Å². The summed E-state index contributed by atoms with van der Waals surface area (Å²) in [6.45, 7) is 3.30. The summed E-state index contributed by atoms with van der Waals surface area (Å²) in [5, 5.41) is 19.4. The highest BCUT2D eigenvalue weighted by atomic mass is 16.5. The Hall–Kier alpha value is -1.66. The largest absolute Gasteiger partial charge is 0.459 e. The Bertz CT molecular complexity index is 400. The van der Waals surface area contributed by atoms with E-state index >= 15 is 0 Å². The fourth-order valence-corrected chi connectivity index (χ4v) is 1.71. The van der Waals surface area contributed by atoms with Crippen LogP contribution in [0.1, 0.15) is 26.7 Å². The predicted molar refractivity (Wildman–Crippen MR) is 70.6 cm³/mol. The van der Waals surface area contributed by atoms with Crippen molar-refractivity contribution in [3.8, 4) is 0 Å². The molecule has 4 atom stereocenters. The van der Waals surface area contributed by atoms with Gasteiger partial charge in [-0.05, 0) is 19.9 Å². The molecule has 0 aromatic carbocycles. The smallest absolute Gasteiger partial charge is 0.330 e. The van der Waals surface area contributed by atoms with Crippen LogP contribution in [0.4, 0.5) is 0 Å². The van der Waals surface area contributed by atoms with Crippen molar-refractivity contribution >= 4 is 11.9 Å². The van der Waals surface area contributed by atoms with Crippen LogP contribution in [0.5, 0.6) is 0 Å². The van der Waals surface area contributed by atoms with Crippen molar-refractivity contribution in [1.82, 2.24) is 0 Å². The summed E-state index contributed by atoms with van der Waals surface area (Å²) in [6.07, 6.45) is 2.20. The molecule has 6 nitrogen and oxygen atoms in total. The van der Waals surface area contributed by atoms with Crippen LogP contribution in [0.15, 0.2) is 24.3 Å². The summed E-state index contributed by atoms with van der Waals surface area (Å²) >= 11 is 0. The van der Waals surface area contributed by atoms with Crippen LogP contribution in [0.3, 0.4) is 0 Å². The first-order chi connectivity index (χ1) is 9.38. The van der Waals surface area contributed by atoms with Gasteiger partial charge >= 0.3 is 11.9 Å². The van der Waals surface area contributed by atoms with Crippen molar-refractivity contribution in [1.29, 1.82) is 0 Å². The molecule has 0 aliphatic carbocycles. The molecule has 0 aromatic rings. The van der Waals surface area contributed by atoms with E-state index in [-0.39, 0.29) is 6.42 Å². The van der Waals surface area contributed by atoms with Crippen LogP contribution in [0.2, 0.25) is 0 Å². The zero-order valence-electron chi connectivity index (χ0n) is 11.6. The minimum absolute atomic E-state index is 0.0660. The van der Waals surface area contributed by atoms with Gasteiger partial charge in [-0.15, -0.1) is 0 Å². The van der Waals surface area contributed by atoms with Crippen LogP contribution < -0.4 is 0 Å². The maximum absolute atomic E-state index is 11.4. The Morgan fingerprint density at radius 2 is 1.65 bits per heavy atom. The van der Waals surface area contributed by atoms with E-state index in [4.69, 9.17) is 9.47 Å². The Morgan fingerprint density at radius 1 is 1.05 bits per heavy atom. The summed E-state index contributed by atoms with van der Waals surface area (Å²) in [6, 6.07) is 0. The fourth-order valence-electron chi connectivity index (χ4n) is 1.71. The quantitative estimate of drug-likeness (QED) is 0.628. The predicted octanol–water partition coefficient (Wildman–Crippen LogP) is 0.478. The molecule has 0 aromatic heterocycles. The van der Waals surface area contributed by atoms with E-state index in [0.29, 0.717) is 6.42 Å². The second kappa shape index (κ2) is 7.81. The van der Waals surface area contributed by atoms with E-state index in [1.165, 1.54) is 6.08 Å². The molecule has 1 aliphatic heterocycles. The monoisotopic (exact) mass is 284 g/mol. The average Bonchev–Trinajstić information content (AvgIpc) is 2.34. The van der Waals surface area contributed by atoms with Crippen molar-refractivity contribution < 1.29 is 29.3 Å². The van der Waals surface area contributed by atoms with Crippen LogP contribution in [-0.4, -0.2) is 46.6 Å². The molecule has 0 saturated heterocycles. The number of rotatable bonds is 0. The molecule has 2 N–H and O–H groups in total. The van der Waals surface area contributed by atoms with E-state index in [2.05, 4.69) is 0 Å². The molecule has 0 amide bonds. The highest BCUT2D eigenvalue weighted by Crippen LogP contribution is 2.09. The Morgan fingerprint density at radius 3 is 2.35 bits per heavy atom. The van der Waals surface area contributed by atoms with Crippen molar-refractivity contribution in [2.24, 2.45) is 0 Å². The molecule has 0 unspecified atom stereocenters. The highest BCUT2D eigenvalue weighted by Gasteiger charge is 2.19. The lowest BCUT2D eigenvalue weighted by atomic mass is 10.1. The second-order valence-corrected chi connectivity index (χ2v) is 4.79. The molecule has 1 aliphatic rings. The maximum atomic E-state index is 11.4. The van der Waals surface area contributed by atoms with E-state index in [0.717, 1.165) is 12.2 Å². The SMILES string of the molecule is C[C@@H]1CC=CC(=O)O[C@H](C)C[C@@H](O)[C@H](O)C=CC(=O)O1.